The Labute approximate surface area is 137 Å². The molecule has 0 amide bonds. The molecule has 0 unspecified atom stereocenters. The van der Waals surface area contributed by atoms with Gasteiger partial charge in [-0.25, -0.2) is 4.79 Å². The molecule has 1 aliphatic rings. The zero-order chi connectivity index (χ0) is 16.2. The van der Waals surface area contributed by atoms with E-state index in [-0.39, 0.29) is 18.0 Å². The van der Waals surface area contributed by atoms with Gasteiger partial charge in [-0.05, 0) is 5.56 Å². The molecule has 0 radical (unpaired) electrons. The number of H-pyrrole nitrogens is 1. The number of hydrogen-bond acceptors (Lipinski definition) is 5. The van der Waals surface area contributed by atoms with Crippen molar-refractivity contribution < 1.29 is 9.84 Å². The van der Waals surface area contributed by atoms with E-state index in [1.807, 2.05) is 18.2 Å². The van der Waals surface area contributed by atoms with Gasteiger partial charge in [0, 0.05) is 29.7 Å². The summed E-state index contributed by atoms with van der Waals surface area (Å²) >= 11 is 1.70. The molecule has 2 N–H and O–H groups in total. The van der Waals surface area contributed by atoms with Gasteiger partial charge in [0.15, 0.2) is 0 Å². The van der Waals surface area contributed by atoms with Crippen LogP contribution in [0.5, 0.6) is 0 Å². The maximum absolute atomic E-state index is 11.9. The number of hydrogen-bond donors (Lipinski definition) is 2. The molecule has 0 saturated carbocycles. The predicted octanol–water partition coefficient (Wildman–Crippen LogP) is 1.12. The second-order valence-corrected chi connectivity index (χ2v) is 6.63. The average molecular weight is 334 g/mol. The highest BCUT2D eigenvalue weighted by atomic mass is 32.2. The third-order valence-corrected chi connectivity index (χ3v) is 5.25. The van der Waals surface area contributed by atoms with Crippen LogP contribution >= 0.6 is 11.8 Å². The quantitative estimate of drug-likeness (QED) is 0.856. The minimum atomic E-state index is -0.493. The summed E-state index contributed by atoms with van der Waals surface area (Å²) < 4.78 is 7.16. The Hall–Kier alpha value is -1.83. The second-order valence-electron chi connectivity index (χ2n) is 5.40. The maximum atomic E-state index is 11.9. The summed E-state index contributed by atoms with van der Waals surface area (Å²) in [5.74, 6) is 0.818. The number of aromatic nitrogens is 2. The monoisotopic (exact) mass is 334 g/mol. The van der Waals surface area contributed by atoms with Crippen molar-refractivity contribution in [3.05, 3.63) is 69.0 Å². The number of nitrogens with zero attached hydrogens (tertiary/aromatic N) is 1. The predicted molar refractivity (Wildman–Crippen MR) is 88.5 cm³/mol. The summed E-state index contributed by atoms with van der Waals surface area (Å²) in [6.45, 7) is -0.0962. The van der Waals surface area contributed by atoms with Gasteiger partial charge in [-0.2, -0.15) is 11.8 Å². The lowest BCUT2D eigenvalue weighted by Gasteiger charge is -2.15. The van der Waals surface area contributed by atoms with Gasteiger partial charge in [0.2, 0.25) is 0 Å². The molecule has 3 rings (SSSR count). The van der Waals surface area contributed by atoms with Crippen LogP contribution in [0.4, 0.5) is 0 Å². The fraction of sp³-hybridized carbons (Fsp3) is 0.375. The maximum Gasteiger partial charge on any atom is 0.330 e. The van der Waals surface area contributed by atoms with Crippen molar-refractivity contribution >= 4 is 11.8 Å². The van der Waals surface area contributed by atoms with Gasteiger partial charge in [-0.15, -0.1) is 0 Å². The highest BCUT2D eigenvalue weighted by Gasteiger charge is 2.36. The van der Waals surface area contributed by atoms with Crippen LogP contribution in [0.3, 0.4) is 0 Å². The summed E-state index contributed by atoms with van der Waals surface area (Å²) in [6.07, 6.45) is 1.25. The first-order valence-electron chi connectivity index (χ1n) is 7.40. The molecule has 2 aromatic rings. The number of nitrogens with one attached hydrogen (secondary N) is 1. The molecule has 1 aromatic heterocycles. The number of aliphatic hydroxyl groups excluding tert-OH is 1. The molecular formula is C16H18N2O4S. The third kappa shape index (κ3) is 3.74. The minimum Gasteiger partial charge on any atom is -0.394 e. The van der Waals surface area contributed by atoms with Crippen LogP contribution in [0.2, 0.25) is 0 Å². The highest BCUT2D eigenvalue weighted by Crippen LogP contribution is 2.36. The van der Waals surface area contributed by atoms with Crippen molar-refractivity contribution in [2.24, 2.45) is 0 Å². The average Bonchev–Trinajstić information content (AvgIpc) is 2.97. The van der Waals surface area contributed by atoms with Gasteiger partial charge >= 0.3 is 5.69 Å². The Morgan fingerprint density at radius 1 is 1.26 bits per heavy atom. The largest absolute Gasteiger partial charge is 0.394 e. The molecule has 0 spiro atoms. The third-order valence-electron chi connectivity index (χ3n) is 3.83. The van der Waals surface area contributed by atoms with E-state index in [4.69, 9.17) is 4.74 Å². The lowest BCUT2D eigenvalue weighted by atomic mass is 10.2. The number of rotatable bonds is 5. The normalized spacial score (nSPS) is 24.0. The van der Waals surface area contributed by atoms with Crippen LogP contribution in [0.25, 0.3) is 0 Å². The molecule has 1 saturated heterocycles. The van der Waals surface area contributed by atoms with E-state index in [9.17, 15) is 14.7 Å². The van der Waals surface area contributed by atoms with Crippen LogP contribution in [0, 0.1) is 0 Å². The van der Waals surface area contributed by atoms with Crippen molar-refractivity contribution in [2.75, 3.05) is 6.61 Å². The van der Waals surface area contributed by atoms with Gasteiger partial charge < -0.3 is 9.84 Å². The highest BCUT2D eigenvalue weighted by molar-refractivity contribution is 7.99. The molecule has 0 bridgehead atoms. The number of ether oxygens (including phenoxy) is 1. The molecule has 3 atom stereocenters. The van der Waals surface area contributed by atoms with E-state index in [1.165, 1.54) is 22.4 Å². The Kier molecular flexibility index (Phi) is 5.00. The first-order chi connectivity index (χ1) is 11.2. The molecule has 1 aromatic carbocycles. The van der Waals surface area contributed by atoms with Gasteiger partial charge in [-0.3, -0.25) is 14.3 Å². The molecule has 1 aliphatic heterocycles. The fourth-order valence-corrected chi connectivity index (χ4v) is 3.91. The zero-order valence-corrected chi connectivity index (χ0v) is 13.2. The lowest BCUT2D eigenvalue weighted by Crippen LogP contribution is -2.31. The number of thioether (sulfide) groups is 1. The van der Waals surface area contributed by atoms with Crippen molar-refractivity contribution in [3.8, 4) is 0 Å². The van der Waals surface area contributed by atoms with Gasteiger partial charge in [0.1, 0.15) is 6.23 Å². The van der Waals surface area contributed by atoms with E-state index in [1.54, 1.807) is 11.8 Å². The lowest BCUT2D eigenvalue weighted by molar-refractivity contribution is -0.0237. The smallest absolute Gasteiger partial charge is 0.330 e. The molecule has 0 aliphatic carbocycles. The molecular weight excluding hydrogens is 316 g/mol. The first kappa shape index (κ1) is 16.0. The summed E-state index contributed by atoms with van der Waals surface area (Å²) in [7, 11) is 0. The Morgan fingerprint density at radius 3 is 2.74 bits per heavy atom. The Bertz CT molecular complexity index is 758. The Balaban J connectivity index is 1.70. The number of aliphatic hydroxyl groups is 1. The SMILES string of the molecule is O=c1ccn([C@H]2C[C@H](SCc3ccccc3)[C@@H](CO)O2)c(=O)[nH]1. The van der Waals surface area contributed by atoms with E-state index < -0.39 is 17.5 Å². The molecule has 23 heavy (non-hydrogen) atoms. The Morgan fingerprint density at radius 2 is 2.04 bits per heavy atom. The van der Waals surface area contributed by atoms with E-state index >= 15 is 0 Å². The second kappa shape index (κ2) is 7.16. The summed E-state index contributed by atoms with van der Waals surface area (Å²) in [6, 6.07) is 11.4. The summed E-state index contributed by atoms with van der Waals surface area (Å²) in [5, 5.41) is 9.62. The summed E-state index contributed by atoms with van der Waals surface area (Å²) in [5.41, 5.74) is 0.282. The van der Waals surface area contributed by atoms with Crippen LogP contribution < -0.4 is 11.2 Å². The van der Waals surface area contributed by atoms with E-state index in [2.05, 4.69) is 17.1 Å². The van der Waals surface area contributed by atoms with Gasteiger partial charge in [0.05, 0.1) is 12.7 Å². The van der Waals surface area contributed by atoms with Crippen LogP contribution in [0.15, 0.2) is 52.2 Å². The summed E-state index contributed by atoms with van der Waals surface area (Å²) in [4.78, 5) is 25.2. The first-order valence-corrected chi connectivity index (χ1v) is 8.45. The van der Waals surface area contributed by atoms with E-state index in [0.717, 1.165) is 5.75 Å². The molecule has 7 heteroatoms. The minimum absolute atomic E-state index is 0.0871. The van der Waals surface area contributed by atoms with Gasteiger partial charge in [-0.1, -0.05) is 30.3 Å². The molecule has 122 valence electrons. The van der Waals surface area contributed by atoms with Crippen molar-refractivity contribution in [1.29, 1.82) is 0 Å². The molecule has 1 fully saturated rings. The van der Waals surface area contributed by atoms with E-state index in [0.29, 0.717) is 6.42 Å². The molecule has 2 heterocycles. The van der Waals surface area contributed by atoms with Crippen molar-refractivity contribution in [3.63, 3.8) is 0 Å². The number of aromatic amines is 1. The topological polar surface area (TPSA) is 84.3 Å². The van der Waals surface area contributed by atoms with Crippen LogP contribution in [0.1, 0.15) is 18.2 Å². The zero-order valence-electron chi connectivity index (χ0n) is 12.4. The fourth-order valence-electron chi connectivity index (χ4n) is 2.64. The molecule has 6 nitrogen and oxygen atoms in total. The van der Waals surface area contributed by atoms with Crippen molar-refractivity contribution in [2.45, 2.75) is 29.8 Å². The van der Waals surface area contributed by atoms with Gasteiger partial charge in [0.25, 0.3) is 5.56 Å². The van der Waals surface area contributed by atoms with Crippen molar-refractivity contribution in [1.82, 2.24) is 9.55 Å². The standard InChI is InChI=1S/C16H18N2O4S/c19-9-12-13(23-10-11-4-2-1-3-5-11)8-15(22-12)18-7-6-14(20)17-16(18)21/h1-7,12-13,15,19H,8-10H2,(H,17,20,21)/t12-,13+,15-/m1/s1. The number of benzene rings is 1. The van der Waals surface area contributed by atoms with Crippen LogP contribution in [-0.2, 0) is 10.5 Å². The van der Waals surface area contributed by atoms with Crippen LogP contribution in [-0.4, -0.2) is 32.6 Å².